The van der Waals surface area contributed by atoms with Crippen LogP contribution < -0.4 is 10.7 Å². The van der Waals surface area contributed by atoms with Gasteiger partial charge in [0.15, 0.2) is 24.1 Å². The number of piperazine rings is 1. The Morgan fingerprint density at radius 3 is 2.52 bits per heavy atom. The number of carbonyl (C=O) groups is 3. The highest BCUT2D eigenvalue weighted by atomic mass is 32.1. The van der Waals surface area contributed by atoms with Crippen LogP contribution in [0.1, 0.15) is 88.2 Å². The van der Waals surface area contributed by atoms with E-state index >= 15 is 18.0 Å². The second-order valence-electron chi connectivity index (χ2n) is 22.4. The lowest BCUT2D eigenvalue weighted by Gasteiger charge is -2.53. The molecule has 12 rings (SSSR count). The smallest absolute Gasteiger partial charge is 0.406 e. The summed E-state index contributed by atoms with van der Waals surface area (Å²) in [5.74, 6) is 5.20. The number of alkyl halides is 3. The summed E-state index contributed by atoms with van der Waals surface area (Å²) < 4.78 is 72.5. The fourth-order valence-electron chi connectivity index (χ4n) is 11.7. The molecular weight excluding hydrogens is 988 g/mol. The number of fused-ring (bicyclic) bond motifs is 4. The van der Waals surface area contributed by atoms with E-state index in [-0.39, 0.29) is 36.9 Å². The molecule has 6 atom stereocenters. The number of methoxy groups -OCH3 is 1. The highest BCUT2D eigenvalue weighted by Gasteiger charge is 2.53. The van der Waals surface area contributed by atoms with Crippen molar-refractivity contribution in [3.63, 3.8) is 0 Å². The molecular formula is C55H67F3N9O7S+. The zero-order valence-electron chi connectivity index (χ0n) is 43.5. The molecule has 4 aromatic rings. The SMILES string of the molecule is CO[C@@H](C)c1ncc(C#C[C@H](C)N2CCN(C3CC3)CC2)cc1-c1c2c3cc(ccc3n1CC(F)(F)F)-c1csc(n1)C(=[N+]1CCOCC1)[C@H](NC(=O)[C@H]1OC[C@@H]1C)C(=O)N1N[C@H](C(=O)OCC(C)(C)C2)C2CC1C2. The first kappa shape index (κ1) is 51.8. The van der Waals surface area contributed by atoms with Crippen LogP contribution in [-0.4, -0.2) is 173 Å². The normalized spacial score (nSPS) is 27.3. The molecule has 1 aromatic carbocycles. The summed E-state index contributed by atoms with van der Waals surface area (Å²) >= 11 is 1.31. The van der Waals surface area contributed by atoms with Gasteiger partial charge in [0.05, 0.1) is 42.4 Å². The minimum Gasteiger partial charge on any atom is -0.464 e. The average molecular weight is 1060 g/mol. The van der Waals surface area contributed by atoms with Crippen molar-refractivity contribution in [1.29, 1.82) is 0 Å². The zero-order chi connectivity index (χ0) is 52.5. The van der Waals surface area contributed by atoms with Gasteiger partial charge in [0.2, 0.25) is 5.71 Å². The van der Waals surface area contributed by atoms with E-state index in [0.717, 1.165) is 26.2 Å². The van der Waals surface area contributed by atoms with Crippen LogP contribution in [0.3, 0.4) is 0 Å². The number of amides is 2. The van der Waals surface area contributed by atoms with E-state index in [0.29, 0.717) is 113 Å². The number of ether oxygens (including phenoxy) is 4. The van der Waals surface area contributed by atoms with Crippen molar-refractivity contribution < 1.29 is 51.1 Å². The molecule has 3 aromatic heterocycles. The van der Waals surface area contributed by atoms with Crippen LogP contribution in [-0.2, 0) is 46.3 Å². The van der Waals surface area contributed by atoms with Gasteiger partial charge < -0.3 is 28.8 Å². The van der Waals surface area contributed by atoms with E-state index in [1.54, 1.807) is 25.4 Å². The number of carbonyl (C=O) groups excluding carboxylic acids is 3. The number of hydrogen-bond acceptors (Lipinski definition) is 13. The molecule has 6 aliphatic heterocycles. The van der Waals surface area contributed by atoms with Crippen LogP contribution in [0.25, 0.3) is 33.4 Å². The Morgan fingerprint density at radius 2 is 1.84 bits per heavy atom. The van der Waals surface area contributed by atoms with Gasteiger partial charge in [-0.15, -0.1) is 11.3 Å². The van der Waals surface area contributed by atoms with Gasteiger partial charge in [-0.05, 0) is 75.6 Å². The Morgan fingerprint density at radius 1 is 1.08 bits per heavy atom. The lowest BCUT2D eigenvalue weighted by molar-refractivity contribution is -0.550. The van der Waals surface area contributed by atoms with Crippen LogP contribution in [0.15, 0.2) is 35.8 Å². The molecule has 0 spiro atoms. The molecule has 20 heteroatoms. The molecule has 2 aliphatic carbocycles. The van der Waals surface area contributed by atoms with Gasteiger partial charge >= 0.3 is 12.1 Å². The lowest BCUT2D eigenvalue weighted by Crippen LogP contribution is -2.72. The quantitative estimate of drug-likeness (QED) is 0.129. The minimum absolute atomic E-state index is 0.0576. The third kappa shape index (κ3) is 10.5. The molecule has 2 saturated carbocycles. The molecule has 8 aliphatic rings. The molecule has 2 amide bonds. The summed E-state index contributed by atoms with van der Waals surface area (Å²) in [6, 6.07) is 5.53. The van der Waals surface area contributed by atoms with Crippen molar-refractivity contribution in [3.8, 4) is 34.4 Å². The molecule has 0 radical (unpaired) electrons. The third-order valence-electron chi connectivity index (χ3n) is 16.3. The number of cyclic esters (lactones) is 1. The van der Waals surface area contributed by atoms with E-state index in [9.17, 15) is 9.59 Å². The van der Waals surface area contributed by atoms with Gasteiger partial charge in [0.1, 0.15) is 31.9 Å². The summed E-state index contributed by atoms with van der Waals surface area (Å²) in [5, 5.41) is 7.48. The third-order valence-corrected chi connectivity index (χ3v) is 17.2. The van der Waals surface area contributed by atoms with Crippen molar-refractivity contribution >= 4 is 45.7 Å². The maximum absolute atomic E-state index is 15.2. The fourth-order valence-corrected chi connectivity index (χ4v) is 12.7. The Kier molecular flexibility index (Phi) is 14.2. The monoisotopic (exact) mass is 1050 g/mol. The minimum atomic E-state index is -4.63. The maximum atomic E-state index is 15.2. The van der Waals surface area contributed by atoms with Crippen LogP contribution in [0.5, 0.6) is 0 Å². The summed E-state index contributed by atoms with van der Waals surface area (Å²) in [5.41, 5.74) is 6.79. The molecule has 0 unspecified atom stereocenters. The van der Waals surface area contributed by atoms with Gasteiger partial charge in [-0.3, -0.25) is 34.2 Å². The summed E-state index contributed by atoms with van der Waals surface area (Å²) in [6.07, 6.45) is -0.490. The van der Waals surface area contributed by atoms with E-state index < -0.39 is 60.2 Å². The molecule has 2 N–H and O–H groups in total. The van der Waals surface area contributed by atoms with Crippen LogP contribution >= 0.6 is 11.3 Å². The first-order valence-corrected chi connectivity index (χ1v) is 27.4. The predicted molar refractivity (Wildman–Crippen MR) is 275 cm³/mol. The number of benzene rings is 1. The Hall–Kier alpha value is -5.27. The number of nitrogens with zero attached hydrogens (tertiary/aromatic N) is 7. The number of hydrogen-bond donors (Lipinski definition) is 2. The Balaban J connectivity index is 1.07. The van der Waals surface area contributed by atoms with Gasteiger partial charge in [-0.2, -0.15) is 13.2 Å². The van der Waals surface area contributed by atoms with Crippen molar-refractivity contribution in [3.05, 3.63) is 57.7 Å². The summed E-state index contributed by atoms with van der Waals surface area (Å²) in [7, 11) is 1.55. The van der Waals surface area contributed by atoms with Crippen LogP contribution in [0.2, 0.25) is 0 Å². The lowest BCUT2D eigenvalue weighted by atomic mass is 9.73. The van der Waals surface area contributed by atoms with Crippen molar-refractivity contribution in [2.24, 2.45) is 17.3 Å². The topological polar surface area (TPSA) is 156 Å². The second-order valence-corrected chi connectivity index (χ2v) is 23.2. The highest BCUT2D eigenvalue weighted by Crippen LogP contribution is 2.44. The molecule has 9 heterocycles. The van der Waals surface area contributed by atoms with Crippen LogP contribution in [0, 0.1) is 29.1 Å². The molecule has 7 fully saturated rings. The fraction of sp³-hybridized carbons (Fsp3) is 0.600. The van der Waals surface area contributed by atoms with E-state index in [2.05, 4.69) is 39.3 Å². The first-order valence-electron chi connectivity index (χ1n) is 26.5. The maximum Gasteiger partial charge on any atom is 0.406 e. The summed E-state index contributed by atoms with van der Waals surface area (Å²) in [4.78, 5) is 58.7. The Labute approximate surface area is 439 Å². The van der Waals surface area contributed by atoms with Gasteiger partial charge in [0, 0.05) is 95.9 Å². The van der Waals surface area contributed by atoms with Gasteiger partial charge in [-0.1, -0.05) is 38.7 Å². The van der Waals surface area contributed by atoms with E-state index in [1.165, 1.54) is 33.8 Å². The predicted octanol–water partition coefficient (Wildman–Crippen LogP) is 5.59. The molecule has 75 heavy (non-hydrogen) atoms. The number of aromatic nitrogens is 3. The van der Waals surface area contributed by atoms with Gasteiger partial charge in [-0.25, -0.2) is 15.0 Å². The standard InChI is InChI=1S/C55H66F3N9O7S/c1-31-27-73-49(31)50(68)61-46-48(65-17-19-72-20-18-65)51-60-42(28-75-51)35-9-12-43-39(24-35)41(25-54(4,5)30-74-53(70)45-36-22-38(23-36)67(62-45)52(46)69)47(66(43)29-55(56,57)58)40-21-34(26-59-44(40)33(3)71-6)8-7-32(2)63-13-15-64(16-14-63)37-10-11-37/h9,12,21,24,26,28,31-33,36-38,45-46,49,62H,10-11,13-20,22-23,25,27,29-30H2,1-6H3/p+1/t31-,32-,33-,36?,38?,45-,46-,49-/m0/s1. The number of hydrazine groups is 1. The molecule has 5 saturated heterocycles. The van der Waals surface area contributed by atoms with Crippen molar-refractivity contribution in [2.75, 3.05) is 72.8 Å². The van der Waals surface area contributed by atoms with Gasteiger partial charge in [0.25, 0.3) is 11.8 Å². The molecule has 16 nitrogen and oxygen atoms in total. The summed E-state index contributed by atoms with van der Waals surface area (Å²) in [6.45, 7) is 14.1. The number of morpholine rings is 1. The van der Waals surface area contributed by atoms with Crippen LogP contribution in [0.4, 0.5) is 13.2 Å². The molecule has 400 valence electrons. The zero-order valence-corrected chi connectivity index (χ0v) is 44.3. The largest absolute Gasteiger partial charge is 0.464 e. The number of thiazole rings is 1. The van der Waals surface area contributed by atoms with Crippen molar-refractivity contribution in [1.82, 2.24) is 40.1 Å². The average Bonchev–Trinajstić information content (AvgIpc) is 4.06. The number of esters is 1. The van der Waals surface area contributed by atoms with E-state index in [1.807, 2.05) is 49.8 Å². The van der Waals surface area contributed by atoms with Crippen molar-refractivity contribution in [2.45, 2.75) is 122 Å². The van der Waals surface area contributed by atoms with E-state index in [4.69, 9.17) is 28.9 Å². The number of halogens is 3. The molecule has 8 bridgehead atoms. The first-order chi connectivity index (χ1) is 35.9. The number of nitrogens with one attached hydrogen (secondary N) is 2. The highest BCUT2D eigenvalue weighted by molar-refractivity contribution is 7.12. The number of pyridine rings is 1. The number of rotatable bonds is 8. The second kappa shape index (κ2) is 20.6. The Bertz CT molecular complexity index is 2960.